The van der Waals surface area contributed by atoms with Crippen molar-refractivity contribution in [2.24, 2.45) is 0 Å². The zero-order chi connectivity index (χ0) is 40.7. The fourth-order valence-corrected chi connectivity index (χ4v) is 11.0. The van der Waals surface area contributed by atoms with Crippen LogP contribution in [0.1, 0.15) is 0 Å². The Morgan fingerprint density at radius 2 is 1.02 bits per heavy atom. The number of hydrogen-bond acceptors (Lipinski definition) is 3. The number of nitrogens with zero attached hydrogens (tertiary/aromatic N) is 2. The van der Waals surface area contributed by atoms with Gasteiger partial charge in [-0.2, -0.15) is 0 Å². The van der Waals surface area contributed by atoms with Gasteiger partial charge in [-0.25, -0.2) is 0 Å². The molecule has 0 amide bonds. The van der Waals surface area contributed by atoms with E-state index in [0.717, 1.165) is 66.9 Å². The molecule has 0 radical (unpaired) electrons. The molecule has 0 aliphatic heterocycles. The maximum atomic E-state index is 6.50. The van der Waals surface area contributed by atoms with Crippen molar-refractivity contribution >= 4 is 103 Å². The Bertz CT molecular complexity index is 3780. The van der Waals surface area contributed by atoms with E-state index in [4.69, 9.17) is 4.42 Å². The van der Waals surface area contributed by atoms with Crippen molar-refractivity contribution in [2.45, 2.75) is 0 Å². The predicted octanol–water partition coefficient (Wildman–Crippen LogP) is 17.0. The fraction of sp³-hybridized carbons (Fsp3) is 0. The number of thiophene rings is 1. The minimum atomic E-state index is 0.865. The van der Waals surface area contributed by atoms with Gasteiger partial charge in [0.2, 0.25) is 0 Å². The van der Waals surface area contributed by atoms with Gasteiger partial charge in [-0.05, 0) is 94.2 Å². The van der Waals surface area contributed by atoms with Crippen molar-refractivity contribution in [3.05, 3.63) is 218 Å². The Morgan fingerprint density at radius 3 is 1.92 bits per heavy atom. The first kappa shape index (κ1) is 34.9. The van der Waals surface area contributed by atoms with E-state index in [1.165, 1.54) is 52.8 Å². The van der Waals surface area contributed by atoms with Crippen LogP contribution in [0.2, 0.25) is 0 Å². The van der Waals surface area contributed by atoms with Crippen LogP contribution in [0.25, 0.3) is 103 Å². The number of anilines is 3. The molecule has 0 aliphatic rings. The molecule has 13 rings (SSSR count). The van der Waals surface area contributed by atoms with Crippen molar-refractivity contribution in [1.82, 2.24) is 4.57 Å². The number of para-hydroxylation sites is 3. The van der Waals surface area contributed by atoms with Crippen LogP contribution in [0.3, 0.4) is 0 Å². The van der Waals surface area contributed by atoms with Crippen molar-refractivity contribution in [1.29, 1.82) is 0 Å². The van der Waals surface area contributed by atoms with Crippen molar-refractivity contribution in [3.8, 4) is 27.9 Å². The maximum absolute atomic E-state index is 6.50. The number of furan rings is 1. The summed E-state index contributed by atoms with van der Waals surface area (Å²) in [4.78, 5) is 2.39. The number of aromatic nitrogens is 1. The van der Waals surface area contributed by atoms with E-state index in [0.29, 0.717) is 0 Å². The summed E-state index contributed by atoms with van der Waals surface area (Å²) < 4.78 is 11.5. The molecule has 62 heavy (non-hydrogen) atoms. The van der Waals surface area contributed by atoms with Gasteiger partial charge in [0, 0.05) is 70.4 Å². The standard InChI is InChI=1S/C58H36N2OS/c1-2-14-37(15-3-1)50-34-39(27-30-43(50)44-18-6-10-22-51(44)60-52-23-11-7-21-49(52)58-42-17-5-4-16-38(42)26-33-53(58)60)59(40-28-31-46-45-19-8-12-24-54(45)61-55(46)35-40)41-29-32-48-47-20-9-13-25-56(47)62-57(48)36-41/h1-36H. The first-order chi connectivity index (χ1) is 30.7. The van der Waals surface area contributed by atoms with E-state index < -0.39 is 0 Å². The highest BCUT2D eigenvalue weighted by Crippen LogP contribution is 2.46. The topological polar surface area (TPSA) is 21.3 Å². The Labute approximate surface area is 361 Å². The minimum Gasteiger partial charge on any atom is -0.456 e. The summed E-state index contributed by atoms with van der Waals surface area (Å²) in [6.45, 7) is 0. The van der Waals surface area contributed by atoms with Crippen LogP contribution in [0.5, 0.6) is 0 Å². The Kier molecular flexibility index (Phi) is 7.78. The smallest absolute Gasteiger partial charge is 0.137 e. The molecular weight excluding hydrogens is 773 g/mol. The van der Waals surface area contributed by atoms with Gasteiger partial charge in [0.05, 0.1) is 16.7 Å². The first-order valence-corrected chi connectivity index (χ1v) is 21.9. The van der Waals surface area contributed by atoms with E-state index in [1.54, 1.807) is 0 Å². The van der Waals surface area contributed by atoms with Gasteiger partial charge >= 0.3 is 0 Å². The van der Waals surface area contributed by atoms with Crippen molar-refractivity contribution in [2.75, 3.05) is 4.90 Å². The van der Waals surface area contributed by atoms with E-state index >= 15 is 0 Å². The highest BCUT2D eigenvalue weighted by atomic mass is 32.1. The van der Waals surface area contributed by atoms with Crippen molar-refractivity contribution in [3.63, 3.8) is 0 Å². The third kappa shape index (κ3) is 5.37. The summed E-state index contributed by atoms with van der Waals surface area (Å²) in [5.41, 5.74) is 13.1. The fourth-order valence-electron chi connectivity index (χ4n) is 9.81. The van der Waals surface area contributed by atoms with E-state index in [-0.39, 0.29) is 0 Å². The summed E-state index contributed by atoms with van der Waals surface area (Å²) in [5, 5.41) is 9.84. The van der Waals surface area contributed by atoms with Gasteiger partial charge in [0.15, 0.2) is 0 Å². The molecule has 0 saturated carbocycles. The third-order valence-corrected chi connectivity index (χ3v) is 13.7. The molecular formula is C58H36N2OS. The quantitative estimate of drug-likeness (QED) is 0.167. The molecule has 0 bridgehead atoms. The summed E-state index contributed by atoms with van der Waals surface area (Å²) in [6.07, 6.45) is 0. The monoisotopic (exact) mass is 808 g/mol. The molecule has 3 aromatic heterocycles. The normalized spacial score (nSPS) is 11.9. The Balaban J connectivity index is 1.05. The van der Waals surface area contributed by atoms with Crippen molar-refractivity contribution < 1.29 is 4.42 Å². The zero-order valence-electron chi connectivity index (χ0n) is 33.5. The molecule has 4 heteroatoms. The Hall–Kier alpha value is -7.92. The number of rotatable bonds is 6. The first-order valence-electron chi connectivity index (χ1n) is 21.1. The van der Waals surface area contributed by atoms with Crippen LogP contribution in [0.15, 0.2) is 223 Å². The summed E-state index contributed by atoms with van der Waals surface area (Å²) in [5.74, 6) is 0. The van der Waals surface area contributed by atoms with Crippen LogP contribution in [-0.2, 0) is 0 Å². The van der Waals surface area contributed by atoms with E-state index in [1.807, 2.05) is 23.5 Å². The van der Waals surface area contributed by atoms with Gasteiger partial charge in [0.25, 0.3) is 0 Å². The molecule has 13 aromatic rings. The molecule has 290 valence electrons. The molecule has 3 heterocycles. The lowest BCUT2D eigenvalue weighted by Crippen LogP contribution is -2.10. The molecule has 0 atom stereocenters. The number of fused-ring (bicyclic) bond motifs is 11. The lowest BCUT2D eigenvalue weighted by molar-refractivity contribution is 0.669. The van der Waals surface area contributed by atoms with E-state index in [2.05, 4.69) is 216 Å². The van der Waals surface area contributed by atoms with Gasteiger partial charge in [0.1, 0.15) is 11.2 Å². The highest BCUT2D eigenvalue weighted by Gasteiger charge is 2.22. The minimum absolute atomic E-state index is 0.865. The van der Waals surface area contributed by atoms with E-state index in [9.17, 15) is 0 Å². The van der Waals surface area contributed by atoms with Crippen LogP contribution in [-0.4, -0.2) is 4.57 Å². The molecule has 10 aromatic carbocycles. The van der Waals surface area contributed by atoms with Crippen LogP contribution < -0.4 is 4.90 Å². The summed E-state index contributed by atoms with van der Waals surface area (Å²) >= 11 is 1.84. The van der Waals surface area contributed by atoms with Gasteiger partial charge in [-0.1, -0.05) is 146 Å². The third-order valence-electron chi connectivity index (χ3n) is 12.6. The maximum Gasteiger partial charge on any atom is 0.137 e. The molecule has 0 fully saturated rings. The SMILES string of the molecule is c1ccc(-c2cc(N(c3ccc4c(c3)oc3ccccc34)c3ccc4c(c3)sc3ccccc34)ccc2-c2ccccc2-n2c3ccccc3c3c4ccccc4ccc32)cc1. The van der Waals surface area contributed by atoms with Crippen LogP contribution in [0, 0.1) is 0 Å². The summed E-state index contributed by atoms with van der Waals surface area (Å²) in [6, 6.07) is 79.3. The molecule has 3 nitrogen and oxygen atoms in total. The molecule has 0 spiro atoms. The lowest BCUT2D eigenvalue weighted by atomic mass is 9.92. The second kappa shape index (κ2) is 13.8. The Morgan fingerprint density at radius 1 is 0.371 bits per heavy atom. The molecule has 0 N–H and O–H groups in total. The van der Waals surface area contributed by atoms with Gasteiger partial charge < -0.3 is 13.9 Å². The average Bonchev–Trinajstić information content (AvgIpc) is 4.01. The second-order valence-electron chi connectivity index (χ2n) is 16.0. The van der Waals surface area contributed by atoms with Crippen LogP contribution >= 0.6 is 11.3 Å². The lowest BCUT2D eigenvalue weighted by Gasteiger charge is -2.27. The second-order valence-corrected chi connectivity index (χ2v) is 17.1. The van der Waals surface area contributed by atoms with Gasteiger partial charge in [-0.3, -0.25) is 0 Å². The number of hydrogen-bond donors (Lipinski definition) is 0. The zero-order valence-corrected chi connectivity index (χ0v) is 34.3. The summed E-state index contributed by atoms with van der Waals surface area (Å²) in [7, 11) is 0. The molecule has 0 saturated heterocycles. The molecule has 0 aliphatic carbocycles. The molecule has 0 unspecified atom stereocenters. The largest absolute Gasteiger partial charge is 0.456 e. The highest BCUT2D eigenvalue weighted by molar-refractivity contribution is 7.25. The average molecular weight is 809 g/mol. The predicted molar refractivity (Wildman–Crippen MR) is 264 cm³/mol. The van der Waals surface area contributed by atoms with Crippen LogP contribution in [0.4, 0.5) is 17.1 Å². The van der Waals surface area contributed by atoms with Gasteiger partial charge in [-0.15, -0.1) is 11.3 Å². The number of benzene rings is 10.